The number of ether oxygens (including phenoxy) is 1. The highest BCUT2D eigenvalue weighted by Crippen LogP contribution is 2.36. The smallest absolute Gasteiger partial charge is 0.377 e. The molecule has 0 N–H and O–H groups in total. The van der Waals surface area contributed by atoms with Crippen LogP contribution in [-0.4, -0.2) is 19.0 Å². The Morgan fingerprint density at radius 1 is 1.21 bits per heavy atom. The maximum absolute atomic E-state index is 13.4. The molecule has 0 bridgehead atoms. The van der Waals surface area contributed by atoms with Crippen molar-refractivity contribution in [3.8, 4) is 0 Å². The molecule has 1 rings (SSSR count). The fourth-order valence-corrected chi connectivity index (χ4v) is 1.94. The number of alkyl halides is 2. The van der Waals surface area contributed by atoms with Crippen LogP contribution in [0.5, 0.6) is 0 Å². The number of hydrogen-bond acceptors (Lipinski definition) is 2. The van der Waals surface area contributed by atoms with Crippen molar-refractivity contribution in [2.24, 2.45) is 5.92 Å². The molecule has 0 atom stereocenters. The van der Waals surface area contributed by atoms with Crippen molar-refractivity contribution < 1.29 is 18.3 Å². The van der Waals surface area contributed by atoms with E-state index in [2.05, 4.69) is 4.74 Å². The Morgan fingerprint density at radius 2 is 1.71 bits per heavy atom. The molecule has 0 radical (unpaired) electrons. The molecule has 1 aliphatic carbocycles. The molecule has 0 aliphatic heterocycles. The Labute approximate surface area is 82.6 Å². The third-order valence-electron chi connectivity index (χ3n) is 2.83. The summed E-state index contributed by atoms with van der Waals surface area (Å²) in [6.45, 7) is 0. The Morgan fingerprint density at radius 3 is 2.14 bits per heavy atom. The van der Waals surface area contributed by atoms with E-state index in [0.29, 0.717) is 12.8 Å². The van der Waals surface area contributed by atoms with Crippen molar-refractivity contribution in [3.05, 3.63) is 0 Å². The fraction of sp³-hybridized carbons (Fsp3) is 0.900. The molecule has 0 aromatic carbocycles. The number of carbonyl (C=O) groups is 1. The van der Waals surface area contributed by atoms with Gasteiger partial charge in [-0.2, -0.15) is 8.78 Å². The molecule has 4 heteroatoms. The molecule has 1 aliphatic rings. The van der Waals surface area contributed by atoms with Crippen molar-refractivity contribution in [1.82, 2.24) is 0 Å². The molecular formula is C10H16F2O2. The van der Waals surface area contributed by atoms with Crippen LogP contribution in [0.15, 0.2) is 0 Å². The summed E-state index contributed by atoms with van der Waals surface area (Å²) in [5.74, 6) is -5.50. The summed E-state index contributed by atoms with van der Waals surface area (Å²) in [7, 11) is 1.01. The van der Waals surface area contributed by atoms with Crippen LogP contribution in [0.3, 0.4) is 0 Å². The first-order valence-corrected chi connectivity index (χ1v) is 5.05. The zero-order valence-electron chi connectivity index (χ0n) is 8.39. The average molecular weight is 206 g/mol. The van der Waals surface area contributed by atoms with Crippen LogP contribution in [0.1, 0.15) is 38.5 Å². The van der Waals surface area contributed by atoms with Crippen LogP contribution in [0.25, 0.3) is 0 Å². The van der Waals surface area contributed by atoms with Crippen molar-refractivity contribution in [2.75, 3.05) is 7.11 Å². The third kappa shape index (κ3) is 2.42. The van der Waals surface area contributed by atoms with Crippen LogP contribution in [0, 0.1) is 5.92 Å². The van der Waals surface area contributed by atoms with Gasteiger partial charge in [-0.1, -0.05) is 25.7 Å². The van der Waals surface area contributed by atoms with Crippen molar-refractivity contribution in [1.29, 1.82) is 0 Å². The van der Waals surface area contributed by atoms with Gasteiger partial charge in [0, 0.05) is 5.92 Å². The van der Waals surface area contributed by atoms with Gasteiger partial charge in [0.2, 0.25) is 0 Å². The molecule has 0 spiro atoms. The van der Waals surface area contributed by atoms with Gasteiger partial charge < -0.3 is 4.74 Å². The second-order valence-electron chi connectivity index (χ2n) is 3.80. The summed E-state index contributed by atoms with van der Waals surface area (Å²) in [5, 5.41) is 0. The molecule has 82 valence electrons. The highest BCUT2D eigenvalue weighted by molar-refractivity contribution is 5.77. The molecule has 0 aromatic rings. The van der Waals surface area contributed by atoms with Crippen LogP contribution >= 0.6 is 0 Å². The minimum absolute atomic E-state index is 0.433. The zero-order chi connectivity index (χ0) is 10.6. The van der Waals surface area contributed by atoms with E-state index in [-0.39, 0.29) is 0 Å². The van der Waals surface area contributed by atoms with Crippen LogP contribution in [0.2, 0.25) is 0 Å². The summed E-state index contributed by atoms with van der Waals surface area (Å²) in [5.41, 5.74) is 0. The lowest BCUT2D eigenvalue weighted by Gasteiger charge is -2.22. The van der Waals surface area contributed by atoms with Gasteiger partial charge >= 0.3 is 11.9 Å². The lowest BCUT2D eigenvalue weighted by atomic mass is 9.93. The zero-order valence-corrected chi connectivity index (χ0v) is 8.39. The number of hydrogen-bond donors (Lipinski definition) is 0. The molecule has 0 unspecified atom stereocenters. The standard InChI is InChI=1S/C10H16F2O2/c1-14-9(13)10(11,12)8-6-4-2-3-5-7-8/h8H,2-7H2,1H3. The van der Waals surface area contributed by atoms with Crippen molar-refractivity contribution >= 4 is 5.97 Å². The van der Waals surface area contributed by atoms with Gasteiger partial charge in [0.25, 0.3) is 0 Å². The topological polar surface area (TPSA) is 26.3 Å². The van der Waals surface area contributed by atoms with Gasteiger partial charge in [-0.25, -0.2) is 4.79 Å². The van der Waals surface area contributed by atoms with E-state index in [1.165, 1.54) is 0 Å². The SMILES string of the molecule is COC(=O)C(F)(F)C1CCCCCC1. The van der Waals surface area contributed by atoms with Crippen LogP contribution in [0.4, 0.5) is 8.78 Å². The van der Waals surface area contributed by atoms with E-state index >= 15 is 0 Å². The second kappa shape index (κ2) is 4.71. The Kier molecular flexibility index (Phi) is 3.84. The van der Waals surface area contributed by atoms with Gasteiger partial charge in [-0.3, -0.25) is 0 Å². The first kappa shape index (κ1) is 11.4. The summed E-state index contributed by atoms with van der Waals surface area (Å²) < 4.78 is 30.9. The second-order valence-corrected chi connectivity index (χ2v) is 3.80. The number of methoxy groups -OCH3 is 1. The maximum atomic E-state index is 13.4. The first-order chi connectivity index (χ1) is 6.59. The quantitative estimate of drug-likeness (QED) is 0.513. The van der Waals surface area contributed by atoms with E-state index in [1.807, 2.05) is 0 Å². The van der Waals surface area contributed by atoms with E-state index in [4.69, 9.17) is 0 Å². The average Bonchev–Trinajstić information content (AvgIpc) is 2.44. The summed E-state index contributed by atoms with van der Waals surface area (Å²) >= 11 is 0. The van der Waals surface area contributed by atoms with Crippen molar-refractivity contribution in [2.45, 2.75) is 44.4 Å². The molecule has 0 saturated heterocycles. The maximum Gasteiger partial charge on any atom is 0.377 e. The van der Waals surface area contributed by atoms with Crippen molar-refractivity contribution in [3.63, 3.8) is 0 Å². The monoisotopic (exact) mass is 206 g/mol. The number of esters is 1. The molecular weight excluding hydrogens is 190 g/mol. The minimum atomic E-state index is -3.29. The van der Waals surface area contributed by atoms with E-state index in [9.17, 15) is 13.6 Å². The predicted octanol–water partition coefficient (Wildman–Crippen LogP) is 2.77. The number of rotatable bonds is 2. The molecule has 1 saturated carbocycles. The molecule has 0 amide bonds. The highest BCUT2D eigenvalue weighted by atomic mass is 19.3. The van der Waals surface area contributed by atoms with Gasteiger partial charge in [-0.15, -0.1) is 0 Å². The lowest BCUT2D eigenvalue weighted by molar-refractivity contribution is -0.178. The van der Waals surface area contributed by atoms with Crippen LogP contribution < -0.4 is 0 Å². The summed E-state index contributed by atoms with van der Waals surface area (Å²) in [6, 6.07) is 0. The van der Waals surface area contributed by atoms with E-state index in [0.717, 1.165) is 32.8 Å². The summed E-state index contributed by atoms with van der Waals surface area (Å²) in [6.07, 6.45) is 4.43. The number of carbonyl (C=O) groups excluding carboxylic acids is 1. The van der Waals surface area contributed by atoms with Gasteiger partial charge in [0.1, 0.15) is 0 Å². The van der Waals surface area contributed by atoms with Gasteiger partial charge in [0.05, 0.1) is 7.11 Å². The van der Waals surface area contributed by atoms with Gasteiger partial charge in [-0.05, 0) is 12.8 Å². The normalized spacial score (nSPS) is 20.2. The largest absolute Gasteiger partial charge is 0.465 e. The predicted molar refractivity (Wildman–Crippen MR) is 48.2 cm³/mol. The summed E-state index contributed by atoms with van der Waals surface area (Å²) in [4.78, 5) is 10.9. The first-order valence-electron chi connectivity index (χ1n) is 5.05. The Bertz CT molecular complexity index is 196. The Balaban J connectivity index is 2.63. The lowest BCUT2D eigenvalue weighted by Crippen LogP contribution is -2.38. The van der Waals surface area contributed by atoms with Crippen LogP contribution in [-0.2, 0) is 9.53 Å². The molecule has 0 heterocycles. The highest BCUT2D eigenvalue weighted by Gasteiger charge is 2.47. The fourth-order valence-electron chi connectivity index (χ4n) is 1.94. The third-order valence-corrected chi connectivity index (χ3v) is 2.83. The molecule has 2 nitrogen and oxygen atoms in total. The van der Waals surface area contributed by atoms with E-state index in [1.54, 1.807) is 0 Å². The molecule has 14 heavy (non-hydrogen) atoms. The molecule has 1 fully saturated rings. The molecule has 0 aromatic heterocycles. The Hall–Kier alpha value is -0.670. The van der Waals surface area contributed by atoms with Gasteiger partial charge in [0.15, 0.2) is 0 Å². The minimum Gasteiger partial charge on any atom is -0.465 e. The number of halogens is 2. The van der Waals surface area contributed by atoms with E-state index < -0.39 is 17.8 Å².